The van der Waals surface area contributed by atoms with Gasteiger partial charge in [0, 0.05) is 23.6 Å². The average molecular weight is 259 g/mol. The van der Waals surface area contributed by atoms with Crippen LogP contribution in [0.3, 0.4) is 0 Å². The number of aromatic nitrogens is 2. The Bertz CT molecular complexity index is 439. The highest BCUT2D eigenvalue weighted by Crippen LogP contribution is 2.10. The minimum absolute atomic E-state index is 0.153. The number of hydrogen-bond donors (Lipinski definition) is 1. The predicted molar refractivity (Wildman–Crippen MR) is 68.6 cm³/mol. The van der Waals surface area contributed by atoms with Crippen molar-refractivity contribution in [1.29, 1.82) is 0 Å². The van der Waals surface area contributed by atoms with Crippen molar-refractivity contribution in [2.24, 2.45) is 0 Å². The second-order valence-corrected chi connectivity index (χ2v) is 6.53. The van der Waals surface area contributed by atoms with Gasteiger partial charge in [-0.3, -0.25) is 4.68 Å². The average Bonchev–Trinajstić information content (AvgIpc) is 2.76. The van der Waals surface area contributed by atoms with Crippen molar-refractivity contribution >= 4 is 9.84 Å². The van der Waals surface area contributed by atoms with E-state index in [4.69, 9.17) is 0 Å². The summed E-state index contributed by atoms with van der Waals surface area (Å²) in [5.74, 6) is 0.342. The van der Waals surface area contributed by atoms with Gasteiger partial charge in [0.15, 0.2) is 9.84 Å². The molecular weight excluding hydrogens is 238 g/mol. The molecule has 0 saturated heterocycles. The van der Waals surface area contributed by atoms with Crippen LogP contribution in [0.4, 0.5) is 0 Å². The fraction of sp³-hybridized carbons (Fsp3) is 0.727. The second kappa shape index (κ2) is 6.16. The Labute approximate surface area is 103 Å². The topological polar surface area (TPSA) is 64.0 Å². The van der Waals surface area contributed by atoms with Crippen LogP contribution in [-0.4, -0.2) is 36.2 Å². The maximum atomic E-state index is 11.4. The molecule has 0 saturated carbocycles. The third-order valence-electron chi connectivity index (χ3n) is 2.73. The second-order valence-electron chi connectivity index (χ2n) is 4.05. The molecule has 98 valence electrons. The highest BCUT2D eigenvalue weighted by molar-refractivity contribution is 7.91. The quantitative estimate of drug-likeness (QED) is 0.793. The number of hydrogen-bond acceptors (Lipinski definition) is 4. The highest BCUT2D eigenvalue weighted by Gasteiger charge is 2.10. The molecule has 1 aromatic heterocycles. The molecule has 5 nitrogen and oxygen atoms in total. The molecule has 0 aliphatic heterocycles. The Morgan fingerprint density at radius 1 is 1.47 bits per heavy atom. The first-order valence-electron chi connectivity index (χ1n) is 5.94. The van der Waals surface area contributed by atoms with Crippen molar-refractivity contribution in [2.45, 2.75) is 33.4 Å². The smallest absolute Gasteiger partial charge is 0.151 e. The first-order valence-corrected chi connectivity index (χ1v) is 7.76. The molecule has 17 heavy (non-hydrogen) atoms. The van der Waals surface area contributed by atoms with Crippen LogP contribution in [0.5, 0.6) is 0 Å². The fourth-order valence-corrected chi connectivity index (χ4v) is 2.28. The van der Waals surface area contributed by atoms with Crippen LogP contribution in [0, 0.1) is 0 Å². The van der Waals surface area contributed by atoms with Crippen LogP contribution in [0.25, 0.3) is 0 Å². The molecule has 0 aliphatic rings. The molecule has 0 fully saturated rings. The number of nitrogens with zero attached hydrogens (tertiary/aromatic N) is 2. The van der Waals surface area contributed by atoms with Crippen LogP contribution in [0.2, 0.25) is 0 Å². The molecule has 1 aromatic rings. The minimum Gasteiger partial charge on any atom is -0.310 e. The summed E-state index contributed by atoms with van der Waals surface area (Å²) in [4.78, 5) is 0. The van der Waals surface area contributed by atoms with Crippen LogP contribution in [0.1, 0.15) is 32.4 Å². The molecule has 6 heteroatoms. The van der Waals surface area contributed by atoms with Gasteiger partial charge in [-0.15, -0.1) is 0 Å². The highest BCUT2D eigenvalue weighted by atomic mass is 32.2. The van der Waals surface area contributed by atoms with Crippen molar-refractivity contribution in [1.82, 2.24) is 15.1 Å². The molecular formula is C11H21N3O2S. The van der Waals surface area contributed by atoms with Crippen molar-refractivity contribution in [3.63, 3.8) is 0 Å². The third-order valence-corrected chi connectivity index (χ3v) is 4.42. The van der Waals surface area contributed by atoms with E-state index in [2.05, 4.69) is 24.3 Å². The Hall–Kier alpha value is -0.880. The summed E-state index contributed by atoms with van der Waals surface area (Å²) in [5.41, 5.74) is 1.08. The molecule has 1 N–H and O–H groups in total. The lowest BCUT2D eigenvalue weighted by Gasteiger charge is -2.08. The van der Waals surface area contributed by atoms with E-state index in [-0.39, 0.29) is 17.5 Å². The molecule has 1 rings (SSSR count). The summed E-state index contributed by atoms with van der Waals surface area (Å²) in [5, 5.41) is 7.46. The zero-order chi connectivity index (χ0) is 12.9. The number of nitrogens with one attached hydrogen (secondary N) is 1. The summed E-state index contributed by atoms with van der Waals surface area (Å²) in [6.45, 7) is 7.10. The first kappa shape index (κ1) is 14.2. The van der Waals surface area contributed by atoms with E-state index in [1.165, 1.54) is 0 Å². The lowest BCUT2D eigenvalue weighted by molar-refractivity contribution is 0.579. The molecule has 0 aliphatic carbocycles. The van der Waals surface area contributed by atoms with Crippen molar-refractivity contribution in [2.75, 3.05) is 18.1 Å². The van der Waals surface area contributed by atoms with Crippen LogP contribution >= 0.6 is 0 Å². The Balaban J connectivity index is 2.57. The van der Waals surface area contributed by atoms with Gasteiger partial charge in [0.05, 0.1) is 18.5 Å². The van der Waals surface area contributed by atoms with E-state index in [0.29, 0.717) is 6.54 Å². The van der Waals surface area contributed by atoms with Gasteiger partial charge < -0.3 is 5.32 Å². The van der Waals surface area contributed by atoms with E-state index in [1.807, 2.05) is 6.20 Å². The van der Waals surface area contributed by atoms with E-state index in [9.17, 15) is 8.42 Å². The van der Waals surface area contributed by atoms with E-state index in [0.717, 1.165) is 12.1 Å². The molecule has 0 spiro atoms. The maximum Gasteiger partial charge on any atom is 0.151 e. The number of aryl methyl sites for hydroxylation is 1. The number of rotatable bonds is 7. The van der Waals surface area contributed by atoms with E-state index < -0.39 is 9.84 Å². The molecule has 0 aromatic carbocycles. The standard InChI is InChI=1S/C11H21N3O2S/c1-4-12-10(3)11-8-13-14(9-11)6-7-17(15,16)5-2/h8-10,12H,4-7H2,1-3H3. The van der Waals surface area contributed by atoms with Crippen molar-refractivity contribution < 1.29 is 8.42 Å². The van der Waals surface area contributed by atoms with E-state index in [1.54, 1.807) is 17.8 Å². The third kappa shape index (κ3) is 4.47. The lowest BCUT2D eigenvalue weighted by Crippen LogP contribution is -2.17. The summed E-state index contributed by atoms with van der Waals surface area (Å²) < 4.78 is 24.4. The summed E-state index contributed by atoms with van der Waals surface area (Å²) in [7, 11) is -2.92. The zero-order valence-corrected chi connectivity index (χ0v) is 11.5. The van der Waals surface area contributed by atoms with Gasteiger partial charge in [-0.25, -0.2) is 8.42 Å². The lowest BCUT2D eigenvalue weighted by atomic mass is 10.2. The Kier molecular flexibility index (Phi) is 5.14. The van der Waals surface area contributed by atoms with Crippen LogP contribution < -0.4 is 5.32 Å². The number of sulfone groups is 1. The zero-order valence-electron chi connectivity index (χ0n) is 10.7. The maximum absolute atomic E-state index is 11.4. The molecule has 0 amide bonds. The molecule has 1 unspecified atom stereocenters. The molecule has 0 radical (unpaired) electrons. The Morgan fingerprint density at radius 2 is 2.18 bits per heavy atom. The van der Waals surface area contributed by atoms with Gasteiger partial charge in [-0.2, -0.15) is 5.10 Å². The van der Waals surface area contributed by atoms with Gasteiger partial charge in [0.2, 0.25) is 0 Å². The van der Waals surface area contributed by atoms with Crippen LogP contribution in [0.15, 0.2) is 12.4 Å². The van der Waals surface area contributed by atoms with Gasteiger partial charge in [-0.05, 0) is 13.5 Å². The van der Waals surface area contributed by atoms with Crippen molar-refractivity contribution in [3.8, 4) is 0 Å². The summed E-state index contributed by atoms with van der Waals surface area (Å²) in [6.07, 6.45) is 3.68. The predicted octanol–water partition coefficient (Wildman–Crippen LogP) is 0.988. The summed E-state index contributed by atoms with van der Waals surface area (Å²) in [6, 6.07) is 0.247. The fourth-order valence-electron chi connectivity index (χ4n) is 1.53. The molecule has 0 bridgehead atoms. The normalized spacial score (nSPS) is 13.8. The van der Waals surface area contributed by atoms with Gasteiger partial charge in [0.1, 0.15) is 0 Å². The molecule has 1 atom stereocenters. The Morgan fingerprint density at radius 3 is 2.76 bits per heavy atom. The van der Waals surface area contributed by atoms with Crippen LogP contribution in [-0.2, 0) is 16.4 Å². The van der Waals surface area contributed by atoms with Gasteiger partial charge >= 0.3 is 0 Å². The first-order chi connectivity index (χ1) is 7.98. The largest absolute Gasteiger partial charge is 0.310 e. The van der Waals surface area contributed by atoms with Gasteiger partial charge in [0.25, 0.3) is 0 Å². The minimum atomic E-state index is -2.92. The monoisotopic (exact) mass is 259 g/mol. The van der Waals surface area contributed by atoms with Gasteiger partial charge in [-0.1, -0.05) is 13.8 Å². The summed E-state index contributed by atoms with van der Waals surface area (Å²) >= 11 is 0. The SMILES string of the molecule is CCNC(C)c1cnn(CCS(=O)(=O)CC)c1. The molecule has 1 heterocycles. The van der Waals surface area contributed by atoms with Crippen molar-refractivity contribution in [3.05, 3.63) is 18.0 Å². The van der Waals surface area contributed by atoms with E-state index >= 15 is 0 Å².